The second kappa shape index (κ2) is 5.10. The van der Waals surface area contributed by atoms with Crippen LogP contribution in [0.25, 0.3) is 0 Å². The third-order valence-corrected chi connectivity index (χ3v) is 1.81. The summed E-state index contributed by atoms with van der Waals surface area (Å²) >= 11 is 8.84. The summed E-state index contributed by atoms with van der Waals surface area (Å²) in [7, 11) is 0. The maximum Gasteiger partial charge on any atom is 0.129 e. The maximum absolute atomic E-state index is 5.54. The van der Waals surface area contributed by atoms with Gasteiger partial charge in [0, 0.05) is 11.5 Å². The van der Waals surface area contributed by atoms with E-state index in [1.54, 1.807) is 12.3 Å². The van der Waals surface area contributed by atoms with Gasteiger partial charge in [-0.2, -0.15) is 0 Å². The van der Waals surface area contributed by atoms with Crippen molar-refractivity contribution < 1.29 is 0 Å². The summed E-state index contributed by atoms with van der Waals surface area (Å²) in [5.41, 5.74) is 1.14. The van der Waals surface area contributed by atoms with Crippen molar-refractivity contribution in [1.82, 2.24) is 4.98 Å². The Labute approximate surface area is 83.7 Å². The third kappa shape index (κ3) is 2.99. The number of hydrogen-bond acceptors (Lipinski definition) is 1. The third-order valence-electron chi connectivity index (χ3n) is 0.943. The number of nitrogens with zero attached hydrogens (tertiary/aromatic N) is 1. The molecular formula is C6H6Br2ClN. The van der Waals surface area contributed by atoms with E-state index in [0.717, 1.165) is 10.9 Å². The first-order valence-electron chi connectivity index (χ1n) is 2.49. The first-order chi connectivity index (χ1) is 4.33. The zero-order valence-corrected chi connectivity index (χ0v) is 9.11. The molecule has 1 nitrogen and oxygen atoms in total. The number of halogens is 3. The van der Waals surface area contributed by atoms with E-state index in [4.69, 9.17) is 11.6 Å². The lowest BCUT2D eigenvalue weighted by Crippen LogP contribution is -1.78. The molecule has 1 aromatic rings. The summed E-state index contributed by atoms with van der Waals surface area (Å²) in [5.74, 6) is 0. The van der Waals surface area contributed by atoms with Gasteiger partial charge in [0.15, 0.2) is 0 Å². The van der Waals surface area contributed by atoms with Crippen molar-refractivity contribution in [1.29, 1.82) is 0 Å². The highest BCUT2D eigenvalue weighted by Gasteiger charge is 1.88. The van der Waals surface area contributed by atoms with Crippen LogP contribution in [-0.2, 0) is 5.33 Å². The van der Waals surface area contributed by atoms with E-state index in [1.807, 2.05) is 6.07 Å². The molecule has 0 spiro atoms. The average Bonchev–Trinajstić information content (AvgIpc) is 1.90. The van der Waals surface area contributed by atoms with Gasteiger partial charge in [0.25, 0.3) is 0 Å². The molecular weight excluding hydrogens is 281 g/mol. The van der Waals surface area contributed by atoms with Crippen LogP contribution in [0, 0.1) is 0 Å². The summed E-state index contributed by atoms with van der Waals surface area (Å²) in [6.45, 7) is 0. The Balaban J connectivity index is 0.000000810. The fraction of sp³-hybridized carbons (Fsp3) is 0.167. The van der Waals surface area contributed by atoms with Gasteiger partial charge in [0.05, 0.1) is 0 Å². The Morgan fingerprint density at radius 1 is 1.50 bits per heavy atom. The lowest BCUT2D eigenvalue weighted by molar-refractivity contribution is 1.26. The van der Waals surface area contributed by atoms with Gasteiger partial charge in [-0.05, 0) is 11.6 Å². The molecule has 4 heteroatoms. The summed E-state index contributed by atoms with van der Waals surface area (Å²) in [5, 5.41) is 1.37. The summed E-state index contributed by atoms with van der Waals surface area (Å²) in [4.78, 5) is 3.89. The molecule has 0 bridgehead atoms. The van der Waals surface area contributed by atoms with Crippen LogP contribution in [0.2, 0.25) is 5.15 Å². The molecule has 0 aliphatic rings. The first kappa shape index (κ1) is 10.4. The summed E-state index contributed by atoms with van der Waals surface area (Å²) in [6.07, 6.45) is 1.75. The molecule has 1 rings (SSSR count). The van der Waals surface area contributed by atoms with E-state index in [9.17, 15) is 0 Å². The molecule has 0 saturated carbocycles. The smallest absolute Gasteiger partial charge is 0.129 e. The van der Waals surface area contributed by atoms with Crippen LogP contribution in [0.3, 0.4) is 0 Å². The lowest BCUT2D eigenvalue weighted by Gasteiger charge is -1.91. The fourth-order valence-electron chi connectivity index (χ4n) is 0.485. The van der Waals surface area contributed by atoms with Gasteiger partial charge in [0.2, 0.25) is 0 Å². The van der Waals surface area contributed by atoms with Gasteiger partial charge in [0.1, 0.15) is 5.15 Å². The SMILES string of the molecule is Br.Clc1ccc(CBr)cn1. The van der Waals surface area contributed by atoms with Crippen molar-refractivity contribution >= 4 is 44.5 Å². The molecule has 56 valence electrons. The molecule has 0 atom stereocenters. The van der Waals surface area contributed by atoms with Crippen LogP contribution >= 0.6 is 44.5 Å². The standard InChI is InChI=1S/C6H5BrClN.BrH/c7-3-5-1-2-6(8)9-4-5;/h1-2,4H,3H2;1H. The van der Waals surface area contributed by atoms with Crippen molar-refractivity contribution in [3.63, 3.8) is 0 Å². The number of hydrogen-bond donors (Lipinski definition) is 0. The van der Waals surface area contributed by atoms with Crippen LogP contribution in [0.5, 0.6) is 0 Å². The van der Waals surface area contributed by atoms with Gasteiger partial charge in [-0.1, -0.05) is 33.6 Å². The molecule has 0 aliphatic carbocycles. The first-order valence-corrected chi connectivity index (χ1v) is 3.99. The molecule has 0 aliphatic heterocycles. The summed E-state index contributed by atoms with van der Waals surface area (Å²) < 4.78 is 0. The maximum atomic E-state index is 5.54. The van der Waals surface area contributed by atoms with Crippen LogP contribution < -0.4 is 0 Å². The quantitative estimate of drug-likeness (QED) is 0.571. The van der Waals surface area contributed by atoms with Crippen molar-refractivity contribution in [3.8, 4) is 0 Å². The minimum absolute atomic E-state index is 0. The van der Waals surface area contributed by atoms with Gasteiger partial charge in [-0.3, -0.25) is 0 Å². The Hall–Kier alpha value is 0.400. The second-order valence-electron chi connectivity index (χ2n) is 1.62. The molecule has 0 amide bonds. The number of alkyl halides is 1. The topological polar surface area (TPSA) is 12.9 Å². The predicted octanol–water partition coefficient (Wildman–Crippen LogP) is 3.21. The van der Waals surface area contributed by atoms with E-state index in [1.165, 1.54) is 0 Å². The zero-order chi connectivity index (χ0) is 6.69. The van der Waals surface area contributed by atoms with Gasteiger partial charge in [-0.15, -0.1) is 17.0 Å². The highest BCUT2D eigenvalue weighted by Crippen LogP contribution is 2.07. The molecule has 0 radical (unpaired) electrons. The Kier molecular flexibility index (Phi) is 5.31. The monoisotopic (exact) mass is 285 g/mol. The van der Waals surface area contributed by atoms with Crippen LogP contribution in [0.4, 0.5) is 0 Å². The molecule has 1 aromatic heterocycles. The van der Waals surface area contributed by atoms with E-state index >= 15 is 0 Å². The molecule has 0 aromatic carbocycles. The molecule has 1 heterocycles. The largest absolute Gasteiger partial charge is 0.244 e. The van der Waals surface area contributed by atoms with Gasteiger partial charge >= 0.3 is 0 Å². The van der Waals surface area contributed by atoms with Crippen molar-refractivity contribution in [2.45, 2.75) is 5.33 Å². The Morgan fingerprint density at radius 2 is 2.20 bits per heavy atom. The molecule has 0 N–H and O–H groups in total. The van der Waals surface area contributed by atoms with Crippen LogP contribution in [-0.4, -0.2) is 4.98 Å². The van der Waals surface area contributed by atoms with Crippen molar-refractivity contribution in [2.75, 3.05) is 0 Å². The van der Waals surface area contributed by atoms with Gasteiger partial charge < -0.3 is 0 Å². The van der Waals surface area contributed by atoms with Gasteiger partial charge in [-0.25, -0.2) is 4.98 Å². The van der Waals surface area contributed by atoms with Crippen molar-refractivity contribution in [3.05, 3.63) is 29.0 Å². The highest BCUT2D eigenvalue weighted by atomic mass is 79.9. The fourth-order valence-corrected chi connectivity index (χ4v) is 0.929. The van der Waals surface area contributed by atoms with Crippen molar-refractivity contribution in [2.24, 2.45) is 0 Å². The van der Waals surface area contributed by atoms with E-state index < -0.39 is 0 Å². The summed E-state index contributed by atoms with van der Waals surface area (Å²) in [6, 6.07) is 3.71. The molecule has 0 saturated heterocycles. The van der Waals surface area contributed by atoms with E-state index in [0.29, 0.717) is 5.15 Å². The van der Waals surface area contributed by atoms with E-state index in [-0.39, 0.29) is 17.0 Å². The molecule has 0 fully saturated rings. The second-order valence-corrected chi connectivity index (χ2v) is 2.57. The Bertz CT molecular complexity index is 187. The number of rotatable bonds is 1. The minimum Gasteiger partial charge on any atom is -0.244 e. The lowest BCUT2D eigenvalue weighted by atomic mass is 10.3. The highest BCUT2D eigenvalue weighted by molar-refractivity contribution is 9.08. The van der Waals surface area contributed by atoms with Crippen LogP contribution in [0.15, 0.2) is 18.3 Å². The predicted molar refractivity (Wildman–Crippen MR) is 52.2 cm³/mol. The number of aromatic nitrogens is 1. The minimum atomic E-state index is 0. The normalized spacial score (nSPS) is 8.60. The van der Waals surface area contributed by atoms with E-state index in [2.05, 4.69) is 20.9 Å². The van der Waals surface area contributed by atoms with Crippen LogP contribution in [0.1, 0.15) is 5.56 Å². The number of pyridine rings is 1. The zero-order valence-electron chi connectivity index (χ0n) is 5.05. The molecule has 10 heavy (non-hydrogen) atoms. The Morgan fingerprint density at radius 3 is 2.60 bits per heavy atom. The molecule has 0 unspecified atom stereocenters. The average molecular weight is 287 g/mol.